The lowest BCUT2D eigenvalue weighted by molar-refractivity contribution is -0.132. The summed E-state index contributed by atoms with van der Waals surface area (Å²) in [6.45, 7) is 3.52. The van der Waals surface area contributed by atoms with E-state index < -0.39 is 8.32 Å². The number of rotatable bonds is 3. The zero-order chi connectivity index (χ0) is 13.0. The first kappa shape index (κ1) is 12.6. The van der Waals surface area contributed by atoms with Gasteiger partial charge in [-0.25, -0.2) is 0 Å². The predicted molar refractivity (Wildman–Crippen MR) is 75.5 cm³/mol. The normalized spacial score (nSPS) is 11.0. The molecule has 92 valence electrons. The van der Waals surface area contributed by atoms with E-state index in [1.807, 2.05) is 60.7 Å². The lowest BCUT2D eigenvalue weighted by Crippen LogP contribution is -2.59. The van der Waals surface area contributed by atoms with Crippen LogP contribution in [0, 0.1) is 0 Å². The van der Waals surface area contributed by atoms with Gasteiger partial charge in [0.25, 0.3) is 5.97 Å². The number of carbonyl (C=O) groups excluding carboxylic acids is 1. The molecule has 0 aliphatic carbocycles. The van der Waals surface area contributed by atoms with Gasteiger partial charge in [0, 0.05) is 6.92 Å². The summed E-state index contributed by atoms with van der Waals surface area (Å²) in [6.07, 6.45) is 0. The zero-order valence-electron chi connectivity index (χ0n) is 10.6. The Kier molecular flexibility index (Phi) is 3.62. The van der Waals surface area contributed by atoms with Gasteiger partial charge in [-0.2, -0.15) is 0 Å². The maximum absolute atomic E-state index is 11.4. The maximum atomic E-state index is 11.4. The van der Waals surface area contributed by atoms with Crippen molar-refractivity contribution in [3.63, 3.8) is 0 Å². The summed E-state index contributed by atoms with van der Waals surface area (Å²) in [5.41, 5.74) is 0. The molecular formula is C15H16O2Si. The molecule has 2 aromatic rings. The Bertz CT molecular complexity index is 483. The van der Waals surface area contributed by atoms with Crippen LogP contribution in [0.4, 0.5) is 0 Å². The summed E-state index contributed by atoms with van der Waals surface area (Å²) in [6, 6.07) is 20.0. The van der Waals surface area contributed by atoms with E-state index in [4.69, 9.17) is 4.43 Å². The summed E-state index contributed by atoms with van der Waals surface area (Å²) in [5.74, 6) is -0.225. The molecule has 0 aliphatic rings. The van der Waals surface area contributed by atoms with Gasteiger partial charge in [-0.1, -0.05) is 60.7 Å². The first-order chi connectivity index (χ1) is 8.63. The molecule has 18 heavy (non-hydrogen) atoms. The van der Waals surface area contributed by atoms with E-state index >= 15 is 0 Å². The molecule has 0 unspecified atom stereocenters. The molecule has 0 spiro atoms. The van der Waals surface area contributed by atoms with Crippen LogP contribution in [0.15, 0.2) is 60.7 Å². The number of hydrogen-bond donors (Lipinski definition) is 0. The van der Waals surface area contributed by atoms with Crippen molar-refractivity contribution in [2.24, 2.45) is 0 Å². The van der Waals surface area contributed by atoms with Gasteiger partial charge in [0.05, 0.1) is 0 Å². The Morgan fingerprint density at radius 1 is 0.889 bits per heavy atom. The van der Waals surface area contributed by atoms with Crippen molar-refractivity contribution in [2.45, 2.75) is 13.5 Å². The van der Waals surface area contributed by atoms with Gasteiger partial charge in [-0.15, -0.1) is 0 Å². The molecule has 0 aromatic heterocycles. The molecule has 2 rings (SSSR count). The molecule has 2 aromatic carbocycles. The van der Waals surface area contributed by atoms with Crippen molar-refractivity contribution in [1.29, 1.82) is 0 Å². The van der Waals surface area contributed by atoms with Crippen LogP contribution in [0.25, 0.3) is 0 Å². The largest absolute Gasteiger partial charge is 0.511 e. The van der Waals surface area contributed by atoms with Crippen molar-refractivity contribution >= 4 is 24.7 Å². The van der Waals surface area contributed by atoms with E-state index in [1.165, 1.54) is 6.92 Å². The van der Waals surface area contributed by atoms with Crippen LogP contribution in [0.3, 0.4) is 0 Å². The minimum Gasteiger partial charge on any atom is -0.511 e. The fraction of sp³-hybridized carbons (Fsp3) is 0.133. The highest BCUT2D eigenvalue weighted by Crippen LogP contribution is 2.07. The predicted octanol–water partition coefficient (Wildman–Crippen LogP) is 1.94. The number of carbonyl (C=O) groups is 1. The highest BCUT2D eigenvalue weighted by atomic mass is 28.4. The minimum atomic E-state index is -2.41. The van der Waals surface area contributed by atoms with E-state index in [1.54, 1.807) is 0 Å². The van der Waals surface area contributed by atoms with Crippen molar-refractivity contribution in [3.8, 4) is 0 Å². The van der Waals surface area contributed by atoms with Crippen LogP contribution in [0.1, 0.15) is 6.92 Å². The van der Waals surface area contributed by atoms with Gasteiger partial charge in [-0.3, -0.25) is 4.79 Å². The van der Waals surface area contributed by atoms with Gasteiger partial charge in [0.15, 0.2) is 0 Å². The molecule has 0 radical (unpaired) electrons. The summed E-state index contributed by atoms with van der Waals surface area (Å²) < 4.78 is 5.71. The van der Waals surface area contributed by atoms with Crippen LogP contribution in [0.2, 0.25) is 6.55 Å². The molecule has 0 saturated carbocycles. The first-order valence-corrected chi connectivity index (χ1v) is 8.34. The fourth-order valence-electron chi connectivity index (χ4n) is 2.08. The molecule has 0 atom stereocenters. The molecule has 0 amide bonds. The van der Waals surface area contributed by atoms with Crippen molar-refractivity contribution < 1.29 is 9.22 Å². The second-order valence-electron chi connectivity index (χ2n) is 4.36. The summed E-state index contributed by atoms with van der Waals surface area (Å²) in [5, 5.41) is 2.21. The third kappa shape index (κ3) is 2.51. The first-order valence-electron chi connectivity index (χ1n) is 5.93. The Balaban J connectivity index is 2.51. The Morgan fingerprint density at radius 3 is 1.61 bits per heavy atom. The van der Waals surface area contributed by atoms with E-state index in [0.717, 1.165) is 10.4 Å². The number of hydrogen-bond acceptors (Lipinski definition) is 2. The third-order valence-corrected chi connectivity index (χ3v) is 6.56. The second-order valence-corrected chi connectivity index (χ2v) is 7.78. The monoisotopic (exact) mass is 256 g/mol. The van der Waals surface area contributed by atoms with Crippen molar-refractivity contribution in [2.75, 3.05) is 0 Å². The lowest BCUT2D eigenvalue weighted by atomic mass is 10.4. The average Bonchev–Trinajstić information content (AvgIpc) is 2.40. The van der Waals surface area contributed by atoms with Gasteiger partial charge in [0.2, 0.25) is 0 Å². The average molecular weight is 256 g/mol. The van der Waals surface area contributed by atoms with E-state index in [9.17, 15) is 4.79 Å². The quantitative estimate of drug-likeness (QED) is 0.785. The highest BCUT2D eigenvalue weighted by Gasteiger charge is 2.36. The molecule has 2 nitrogen and oxygen atoms in total. The molecule has 0 aliphatic heterocycles. The molecule has 0 fully saturated rings. The topological polar surface area (TPSA) is 26.3 Å². The SMILES string of the molecule is CC(=O)O[Si](C)(c1ccccc1)c1ccccc1. The summed E-state index contributed by atoms with van der Waals surface area (Å²) in [4.78, 5) is 11.4. The van der Waals surface area contributed by atoms with Crippen molar-refractivity contribution in [3.05, 3.63) is 60.7 Å². The number of benzene rings is 2. The van der Waals surface area contributed by atoms with Crippen LogP contribution in [-0.4, -0.2) is 14.3 Å². The van der Waals surface area contributed by atoms with Gasteiger partial charge in [-0.05, 0) is 16.9 Å². The molecular weight excluding hydrogens is 240 g/mol. The van der Waals surface area contributed by atoms with Crippen LogP contribution < -0.4 is 10.4 Å². The molecule has 0 bridgehead atoms. The summed E-state index contributed by atoms with van der Waals surface area (Å²) in [7, 11) is -2.41. The highest BCUT2D eigenvalue weighted by molar-refractivity contribution is 6.97. The Labute approximate surface area is 108 Å². The van der Waals surface area contributed by atoms with Gasteiger partial charge >= 0.3 is 8.32 Å². The van der Waals surface area contributed by atoms with Gasteiger partial charge in [0.1, 0.15) is 0 Å². The zero-order valence-corrected chi connectivity index (χ0v) is 11.6. The fourth-order valence-corrected chi connectivity index (χ4v) is 4.89. The van der Waals surface area contributed by atoms with E-state index in [-0.39, 0.29) is 5.97 Å². The standard InChI is InChI=1S/C15H16O2Si/c1-13(16)17-18(2,14-9-5-3-6-10-14)15-11-7-4-8-12-15/h3-12H,1-2H3. The molecule has 0 saturated heterocycles. The van der Waals surface area contributed by atoms with E-state index in [2.05, 4.69) is 6.55 Å². The van der Waals surface area contributed by atoms with Gasteiger partial charge < -0.3 is 4.43 Å². The Hall–Kier alpha value is -1.87. The lowest BCUT2D eigenvalue weighted by Gasteiger charge is -2.27. The van der Waals surface area contributed by atoms with E-state index in [0.29, 0.717) is 0 Å². The van der Waals surface area contributed by atoms with Crippen LogP contribution >= 0.6 is 0 Å². The summed E-state index contributed by atoms with van der Waals surface area (Å²) >= 11 is 0. The third-order valence-electron chi connectivity index (χ3n) is 3.00. The molecule has 0 N–H and O–H groups in total. The minimum absolute atomic E-state index is 0.225. The maximum Gasteiger partial charge on any atom is 0.315 e. The molecule has 3 heteroatoms. The van der Waals surface area contributed by atoms with Crippen LogP contribution in [0.5, 0.6) is 0 Å². The van der Waals surface area contributed by atoms with Crippen LogP contribution in [-0.2, 0) is 9.22 Å². The smallest absolute Gasteiger partial charge is 0.315 e. The second kappa shape index (κ2) is 5.19. The molecule has 0 heterocycles. The Morgan fingerprint density at radius 2 is 1.28 bits per heavy atom. The van der Waals surface area contributed by atoms with Crippen molar-refractivity contribution in [1.82, 2.24) is 0 Å².